The fraction of sp³-hybridized carbons (Fsp3) is 0.385. The van der Waals surface area contributed by atoms with Crippen LogP contribution in [0.15, 0.2) is 29.2 Å². The Hall–Kier alpha value is -1.69. The highest BCUT2D eigenvalue weighted by Gasteiger charge is 2.17. The van der Waals surface area contributed by atoms with E-state index in [4.69, 9.17) is 10.5 Å². The van der Waals surface area contributed by atoms with Crippen molar-refractivity contribution in [2.24, 2.45) is 5.73 Å². The molecular formula is C13H18N2O3S. The van der Waals surface area contributed by atoms with Crippen LogP contribution in [-0.2, 0) is 9.53 Å². The molecule has 1 aromatic rings. The number of hydrogen-bond donors (Lipinski definition) is 2. The van der Waals surface area contributed by atoms with Crippen LogP contribution < -0.4 is 11.1 Å². The molecule has 0 spiro atoms. The highest BCUT2D eigenvalue weighted by Crippen LogP contribution is 2.27. The van der Waals surface area contributed by atoms with Gasteiger partial charge in [0.05, 0.1) is 11.4 Å². The van der Waals surface area contributed by atoms with Gasteiger partial charge in [0.1, 0.15) is 5.60 Å². The number of nitrogens with two attached hydrogens (primary N) is 1. The summed E-state index contributed by atoms with van der Waals surface area (Å²) >= 11 is 1.27. The Kier molecular flexibility index (Phi) is 5.23. The standard InChI is InChI=1S/C13H18N2O3S/c1-13(2,3)18-12(17)15-9-6-4-5-7-10(9)19-8-11(14)16/h4-7H,8H2,1-3H3,(H2,14,16)(H,15,17). The number of ether oxygens (including phenoxy) is 1. The number of anilines is 1. The quantitative estimate of drug-likeness (QED) is 0.832. The van der Waals surface area contributed by atoms with Gasteiger partial charge in [-0.25, -0.2) is 4.79 Å². The summed E-state index contributed by atoms with van der Waals surface area (Å²) in [4.78, 5) is 23.2. The molecule has 0 saturated heterocycles. The Bertz CT molecular complexity index is 469. The molecule has 0 aliphatic carbocycles. The Labute approximate surface area is 116 Å². The molecule has 0 aliphatic rings. The molecule has 5 nitrogen and oxygen atoms in total. The molecule has 0 fully saturated rings. The van der Waals surface area contributed by atoms with E-state index in [1.54, 1.807) is 39.0 Å². The molecule has 3 N–H and O–H groups in total. The maximum Gasteiger partial charge on any atom is 0.412 e. The molecule has 0 saturated carbocycles. The van der Waals surface area contributed by atoms with Crippen LogP contribution in [0.1, 0.15) is 20.8 Å². The molecule has 0 bridgehead atoms. The fourth-order valence-corrected chi connectivity index (χ4v) is 2.01. The second-order valence-corrected chi connectivity index (χ2v) is 5.90. The maximum atomic E-state index is 11.7. The van der Waals surface area contributed by atoms with E-state index in [1.165, 1.54) is 11.8 Å². The predicted octanol–water partition coefficient (Wildman–Crippen LogP) is 2.61. The highest BCUT2D eigenvalue weighted by atomic mass is 32.2. The summed E-state index contributed by atoms with van der Waals surface area (Å²) in [6, 6.07) is 7.16. The van der Waals surface area contributed by atoms with Gasteiger partial charge in [-0.05, 0) is 32.9 Å². The first-order valence-corrected chi connectivity index (χ1v) is 6.76. The number of benzene rings is 1. The van der Waals surface area contributed by atoms with E-state index in [0.29, 0.717) is 5.69 Å². The van der Waals surface area contributed by atoms with Gasteiger partial charge in [-0.3, -0.25) is 10.1 Å². The van der Waals surface area contributed by atoms with Crippen molar-refractivity contribution in [1.82, 2.24) is 0 Å². The zero-order chi connectivity index (χ0) is 14.5. The van der Waals surface area contributed by atoms with E-state index in [0.717, 1.165) is 4.90 Å². The number of carbonyl (C=O) groups is 2. The molecule has 0 unspecified atom stereocenters. The van der Waals surface area contributed by atoms with Crippen molar-refractivity contribution in [2.45, 2.75) is 31.3 Å². The number of thioether (sulfide) groups is 1. The number of nitrogens with one attached hydrogen (secondary N) is 1. The molecule has 0 aliphatic heterocycles. The number of rotatable bonds is 4. The third-order valence-electron chi connectivity index (χ3n) is 1.89. The Balaban J connectivity index is 2.72. The van der Waals surface area contributed by atoms with Crippen LogP contribution in [0.4, 0.5) is 10.5 Å². The van der Waals surface area contributed by atoms with E-state index in [1.807, 2.05) is 6.07 Å². The van der Waals surface area contributed by atoms with Gasteiger partial charge in [0, 0.05) is 4.90 Å². The van der Waals surface area contributed by atoms with Crippen molar-refractivity contribution in [3.63, 3.8) is 0 Å². The third-order valence-corrected chi connectivity index (χ3v) is 2.99. The van der Waals surface area contributed by atoms with E-state index >= 15 is 0 Å². The Morgan fingerprint density at radius 2 is 1.95 bits per heavy atom. The van der Waals surface area contributed by atoms with Crippen molar-refractivity contribution in [3.8, 4) is 0 Å². The molecule has 19 heavy (non-hydrogen) atoms. The third kappa shape index (κ3) is 6.15. The molecular weight excluding hydrogens is 264 g/mol. The van der Waals surface area contributed by atoms with Crippen LogP contribution >= 0.6 is 11.8 Å². The average Bonchev–Trinajstić information content (AvgIpc) is 2.25. The lowest BCUT2D eigenvalue weighted by molar-refractivity contribution is -0.115. The minimum absolute atomic E-state index is 0.160. The Morgan fingerprint density at radius 1 is 1.32 bits per heavy atom. The molecule has 1 rings (SSSR count). The smallest absolute Gasteiger partial charge is 0.412 e. The molecule has 104 valence electrons. The van der Waals surface area contributed by atoms with Gasteiger partial charge in [0.15, 0.2) is 0 Å². The molecule has 2 amide bonds. The summed E-state index contributed by atoms with van der Waals surface area (Å²) in [5.41, 5.74) is 5.15. The lowest BCUT2D eigenvalue weighted by atomic mass is 10.2. The minimum Gasteiger partial charge on any atom is -0.444 e. The van der Waals surface area contributed by atoms with Crippen LogP contribution in [-0.4, -0.2) is 23.4 Å². The summed E-state index contributed by atoms with van der Waals surface area (Å²) in [6.07, 6.45) is -0.528. The maximum absolute atomic E-state index is 11.7. The van der Waals surface area contributed by atoms with Gasteiger partial charge in [-0.2, -0.15) is 0 Å². The molecule has 0 aromatic heterocycles. The van der Waals surface area contributed by atoms with E-state index < -0.39 is 17.6 Å². The van der Waals surface area contributed by atoms with Crippen molar-refractivity contribution in [1.29, 1.82) is 0 Å². The van der Waals surface area contributed by atoms with Gasteiger partial charge < -0.3 is 10.5 Å². The van der Waals surface area contributed by atoms with Crippen molar-refractivity contribution >= 4 is 29.4 Å². The first-order valence-electron chi connectivity index (χ1n) is 5.78. The number of para-hydroxylation sites is 1. The Morgan fingerprint density at radius 3 is 2.53 bits per heavy atom. The monoisotopic (exact) mass is 282 g/mol. The van der Waals surface area contributed by atoms with E-state index in [-0.39, 0.29) is 5.75 Å². The summed E-state index contributed by atoms with van der Waals surface area (Å²) in [7, 11) is 0. The molecule has 1 aromatic carbocycles. The summed E-state index contributed by atoms with van der Waals surface area (Å²) in [6.45, 7) is 5.38. The van der Waals surface area contributed by atoms with Gasteiger partial charge in [0.2, 0.25) is 5.91 Å². The zero-order valence-corrected chi connectivity index (χ0v) is 12.0. The van der Waals surface area contributed by atoms with Gasteiger partial charge in [-0.15, -0.1) is 11.8 Å². The number of carbonyl (C=O) groups excluding carboxylic acids is 2. The van der Waals surface area contributed by atoms with Gasteiger partial charge in [0.25, 0.3) is 0 Å². The summed E-state index contributed by atoms with van der Waals surface area (Å²) < 4.78 is 5.17. The molecule has 6 heteroatoms. The van der Waals surface area contributed by atoms with E-state index in [2.05, 4.69) is 5.32 Å². The lowest BCUT2D eigenvalue weighted by Crippen LogP contribution is -2.27. The SMILES string of the molecule is CC(C)(C)OC(=O)Nc1ccccc1SCC(N)=O. The normalized spacial score (nSPS) is 10.9. The summed E-state index contributed by atoms with van der Waals surface area (Å²) in [5.74, 6) is -0.246. The number of amides is 2. The second-order valence-electron chi connectivity index (χ2n) is 4.88. The number of hydrogen-bond acceptors (Lipinski definition) is 4. The second kappa shape index (κ2) is 6.47. The van der Waals surface area contributed by atoms with Crippen molar-refractivity contribution < 1.29 is 14.3 Å². The predicted molar refractivity (Wildman–Crippen MR) is 76.2 cm³/mol. The topological polar surface area (TPSA) is 81.4 Å². The van der Waals surface area contributed by atoms with E-state index in [9.17, 15) is 9.59 Å². The highest BCUT2D eigenvalue weighted by molar-refractivity contribution is 8.00. The fourth-order valence-electron chi connectivity index (χ4n) is 1.26. The van der Waals surface area contributed by atoms with Crippen LogP contribution in [0.3, 0.4) is 0 Å². The van der Waals surface area contributed by atoms with Crippen LogP contribution in [0.25, 0.3) is 0 Å². The largest absolute Gasteiger partial charge is 0.444 e. The summed E-state index contributed by atoms with van der Waals surface area (Å²) in [5, 5.41) is 2.66. The first-order chi connectivity index (χ1) is 8.78. The van der Waals surface area contributed by atoms with Gasteiger partial charge in [-0.1, -0.05) is 12.1 Å². The number of primary amides is 1. The zero-order valence-electron chi connectivity index (χ0n) is 11.2. The lowest BCUT2D eigenvalue weighted by Gasteiger charge is -2.20. The molecule has 0 heterocycles. The average molecular weight is 282 g/mol. The van der Waals surface area contributed by atoms with Crippen molar-refractivity contribution in [3.05, 3.63) is 24.3 Å². The minimum atomic E-state index is -0.556. The molecule has 0 radical (unpaired) electrons. The molecule has 0 atom stereocenters. The van der Waals surface area contributed by atoms with Crippen LogP contribution in [0.2, 0.25) is 0 Å². The van der Waals surface area contributed by atoms with Crippen molar-refractivity contribution in [2.75, 3.05) is 11.1 Å². The van der Waals surface area contributed by atoms with Crippen LogP contribution in [0, 0.1) is 0 Å². The van der Waals surface area contributed by atoms with Crippen LogP contribution in [0.5, 0.6) is 0 Å². The van der Waals surface area contributed by atoms with Gasteiger partial charge >= 0.3 is 6.09 Å². The first kappa shape index (κ1) is 15.4.